The van der Waals surface area contributed by atoms with Crippen LogP contribution in [0.25, 0.3) is 0 Å². The fourth-order valence-electron chi connectivity index (χ4n) is 3.95. The van der Waals surface area contributed by atoms with Crippen LogP contribution in [0.5, 0.6) is 5.75 Å². The van der Waals surface area contributed by atoms with E-state index in [0.717, 1.165) is 47.8 Å². The highest BCUT2D eigenvalue weighted by Crippen LogP contribution is 2.37. The van der Waals surface area contributed by atoms with Gasteiger partial charge < -0.3 is 24.8 Å². The molecule has 2 N–H and O–H groups in total. The third-order valence-corrected chi connectivity index (χ3v) is 5.61. The summed E-state index contributed by atoms with van der Waals surface area (Å²) >= 11 is 0. The van der Waals surface area contributed by atoms with E-state index in [1.54, 1.807) is 7.11 Å². The topological polar surface area (TPSA) is 88.4 Å². The van der Waals surface area contributed by atoms with Crippen molar-refractivity contribution in [3.63, 3.8) is 0 Å². The quantitative estimate of drug-likeness (QED) is 0.742. The van der Waals surface area contributed by atoms with Crippen molar-refractivity contribution in [3.8, 4) is 11.8 Å². The van der Waals surface area contributed by atoms with Gasteiger partial charge in [-0.3, -0.25) is 0 Å². The van der Waals surface area contributed by atoms with Gasteiger partial charge in [-0.2, -0.15) is 5.26 Å². The Morgan fingerprint density at radius 2 is 2.03 bits per heavy atom. The fourth-order valence-corrected chi connectivity index (χ4v) is 3.95. The summed E-state index contributed by atoms with van der Waals surface area (Å²) in [5.74, 6) is 2.08. The first-order chi connectivity index (χ1) is 14.5. The molecule has 7 nitrogen and oxygen atoms in total. The SMILES string of the molecule is COc1ccc(Nc2nc(NC[C@H]3CCCO3)c3c(c2C#N)CC(C)(C)OC3)cc1. The molecule has 0 saturated carbocycles. The number of pyridine rings is 1. The largest absolute Gasteiger partial charge is 0.497 e. The van der Waals surface area contributed by atoms with E-state index < -0.39 is 0 Å². The molecule has 2 aliphatic heterocycles. The predicted molar refractivity (Wildman–Crippen MR) is 115 cm³/mol. The molecule has 0 bridgehead atoms. The Hall–Kier alpha value is -2.82. The second-order valence-corrected chi connectivity index (χ2v) is 8.35. The van der Waals surface area contributed by atoms with E-state index in [4.69, 9.17) is 19.2 Å². The lowest BCUT2D eigenvalue weighted by atomic mass is 9.89. The number of nitrogens with zero attached hydrogens (tertiary/aromatic N) is 2. The maximum Gasteiger partial charge on any atom is 0.151 e. The van der Waals surface area contributed by atoms with Gasteiger partial charge in [-0.05, 0) is 56.5 Å². The summed E-state index contributed by atoms with van der Waals surface area (Å²) in [5, 5.41) is 16.7. The smallest absolute Gasteiger partial charge is 0.151 e. The number of benzene rings is 1. The lowest BCUT2D eigenvalue weighted by molar-refractivity contribution is -0.0399. The molecule has 1 aromatic heterocycles. The Bertz CT molecular complexity index is 944. The zero-order valence-corrected chi connectivity index (χ0v) is 17.7. The molecular weight excluding hydrogens is 380 g/mol. The van der Waals surface area contributed by atoms with Crippen molar-refractivity contribution in [3.05, 3.63) is 41.0 Å². The molecule has 2 aromatic rings. The average molecular weight is 409 g/mol. The number of hydrogen-bond acceptors (Lipinski definition) is 7. The zero-order valence-electron chi connectivity index (χ0n) is 17.7. The minimum atomic E-state index is -0.330. The minimum Gasteiger partial charge on any atom is -0.497 e. The van der Waals surface area contributed by atoms with Gasteiger partial charge in [-0.25, -0.2) is 4.98 Å². The monoisotopic (exact) mass is 408 g/mol. The Morgan fingerprint density at radius 1 is 1.23 bits per heavy atom. The molecule has 3 heterocycles. The third kappa shape index (κ3) is 4.35. The molecule has 0 aliphatic carbocycles. The second kappa shape index (κ2) is 8.50. The van der Waals surface area contributed by atoms with Crippen LogP contribution in [0.1, 0.15) is 43.4 Å². The molecule has 0 unspecified atom stereocenters. The van der Waals surface area contributed by atoms with E-state index in [9.17, 15) is 5.26 Å². The Morgan fingerprint density at radius 3 is 2.70 bits per heavy atom. The summed E-state index contributed by atoms with van der Waals surface area (Å²) in [5.41, 5.74) is 3.04. The van der Waals surface area contributed by atoms with Crippen molar-refractivity contribution in [1.82, 2.24) is 4.98 Å². The van der Waals surface area contributed by atoms with Crippen LogP contribution in [0.4, 0.5) is 17.3 Å². The summed E-state index contributed by atoms with van der Waals surface area (Å²) in [4.78, 5) is 4.79. The second-order valence-electron chi connectivity index (χ2n) is 8.35. The number of nitriles is 1. The number of hydrogen-bond donors (Lipinski definition) is 2. The highest BCUT2D eigenvalue weighted by molar-refractivity contribution is 5.70. The Labute approximate surface area is 177 Å². The van der Waals surface area contributed by atoms with Crippen LogP contribution in [0.3, 0.4) is 0 Å². The number of methoxy groups -OCH3 is 1. The first-order valence-electron chi connectivity index (χ1n) is 10.4. The van der Waals surface area contributed by atoms with Crippen molar-refractivity contribution in [2.24, 2.45) is 0 Å². The van der Waals surface area contributed by atoms with Gasteiger partial charge in [0, 0.05) is 30.8 Å². The first kappa shape index (κ1) is 20.5. The number of fused-ring (bicyclic) bond motifs is 1. The van der Waals surface area contributed by atoms with Crippen LogP contribution in [0, 0.1) is 11.3 Å². The molecule has 1 aromatic carbocycles. The van der Waals surface area contributed by atoms with Crippen molar-refractivity contribution in [1.29, 1.82) is 5.26 Å². The van der Waals surface area contributed by atoms with Gasteiger partial charge in [0.15, 0.2) is 5.82 Å². The molecule has 7 heteroatoms. The fraction of sp³-hybridized carbons (Fsp3) is 0.478. The summed E-state index contributed by atoms with van der Waals surface area (Å²) in [7, 11) is 1.64. The van der Waals surface area contributed by atoms with Gasteiger partial charge in [0.2, 0.25) is 0 Å². The van der Waals surface area contributed by atoms with E-state index in [1.807, 2.05) is 38.1 Å². The minimum absolute atomic E-state index is 0.192. The lowest BCUT2D eigenvalue weighted by Gasteiger charge is -2.34. The predicted octanol–water partition coefficient (Wildman–Crippen LogP) is 4.15. The molecule has 0 spiro atoms. The zero-order chi connectivity index (χ0) is 21.1. The van der Waals surface area contributed by atoms with Gasteiger partial charge in [0.1, 0.15) is 17.6 Å². The summed E-state index contributed by atoms with van der Waals surface area (Å²) in [6, 6.07) is 9.94. The number of anilines is 3. The van der Waals surface area contributed by atoms with Crippen molar-refractivity contribution in [2.45, 2.75) is 51.4 Å². The Kier molecular flexibility index (Phi) is 5.80. The third-order valence-electron chi connectivity index (χ3n) is 5.61. The lowest BCUT2D eigenvalue weighted by Crippen LogP contribution is -2.33. The number of aromatic nitrogens is 1. The maximum absolute atomic E-state index is 9.97. The molecule has 2 aliphatic rings. The van der Waals surface area contributed by atoms with E-state index >= 15 is 0 Å². The highest BCUT2D eigenvalue weighted by Gasteiger charge is 2.32. The van der Waals surface area contributed by atoms with Crippen LogP contribution in [-0.2, 0) is 22.5 Å². The van der Waals surface area contributed by atoms with Crippen LogP contribution >= 0.6 is 0 Å². The molecular formula is C23H28N4O3. The van der Waals surface area contributed by atoms with Crippen LogP contribution in [0.2, 0.25) is 0 Å². The van der Waals surface area contributed by atoms with Crippen LogP contribution in [-0.4, -0.2) is 37.0 Å². The van der Waals surface area contributed by atoms with Gasteiger partial charge in [-0.1, -0.05) is 0 Å². The van der Waals surface area contributed by atoms with Gasteiger partial charge in [0.05, 0.1) is 31.0 Å². The summed E-state index contributed by atoms with van der Waals surface area (Å²) < 4.78 is 17.0. The summed E-state index contributed by atoms with van der Waals surface area (Å²) in [6.07, 6.45) is 2.98. The van der Waals surface area contributed by atoms with E-state index in [2.05, 4.69) is 16.7 Å². The number of nitrogens with one attached hydrogen (secondary N) is 2. The van der Waals surface area contributed by atoms with Crippen LogP contribution < -0.4 is 15.4 Å². The van der Waals surface area contributed by atoms with Gasteiger partial charge >= 0.3 is 0 Å². The van der Waals surface area contributed by atoms with Crippen molar-refractivity contribution >= 4 is 17.3 Å². The average Bonchev–Trinajstić information content (AvgIpc) is 3.25. The van der Waals surface area contributed by atoms with Gasteiger partial charge in [0.25, 0.3) is 0 Å². The van der Waals surface area contributed by atoms with E-state index in [1.165, 1.54) is 0 Å². The van der Waals surface area contributed by atoms with E-state index in [-0.39, 0.29) is 11.7 Å². The van der Waals surface area contributed by atoms with Gasteiger partial charge in [-0.15, -0.1) is 0 Å². The highest BCUT2D eigenvalue weighted by atomic mass is 16.5. The van der Waals surface area contributed by atoms with Crippen molar-refractivity contribution in [2.75, 3.05) is 30.9 Å². The number of rotatable bonds is 6. The molecule has 0 radical (unpaired) electrons. The molecule has 158 valence electrons. The van der Waals surface area contributed by atoms with Crippen LogP contribution in [0.15, 0.2) is 24.3 Å². The molecule has 1 fully saturated rings. The standard InChI is InChI=1S/C23H28N4O3/c1-23(2)11-18-19(12-24)22(26-15-6-8-16(28-3)9-7-15)27-21(20(18)14-30-23)25-13-17-5-4-10-29-17/h6-9,17H,4-5,10-11,13-14H2,1-3H3,(H2,25,26,27)/t17-/m1/s1. The molecule has 4 rings (SSSR count). The normalized spacial score (nSPS) is 19.6. The molecule has 0 amide bonds. The summed E-state index contributed by atoms with van der Waals surface area (Å²) in [6.45, 7) is 6.03. The molecule has 1 saturated heterocycles. The number of ether oxygens (including phenoxy) is 3. The molecule has 1 atom stereocenters. The molecule has 30 heavy (non-hydrogen) atoms. The Balaban J connectivity index is 1.69. The van der Waals surface area contributed by atoms with E-state index in [0.29, 0.717) is 31.0 Å². The van der Waals surface area contributed by atoms with Crippen molar-refractivity contribution < 1.29 is 14.2 Å². The maximum atomic E-state index is 9.97. The first-order valence-corrected chi connectivity index (χ1v) is 10.4.